The summed E-state index contributed by atoms with van der Waals surface area (Å²) in [5.74, 6) is 1.97. The Balaban J connectivity index is 1.47. The molecule has 9 nitrogen and oxygen atoms in total. The summed E-state index contributed by atoms with van der Waals surface area (Å²) < 4.78 is 23.1. The Bertz CT molecular complexity index is 1690. The van der Waals surface area contributed by atoms with E-state index in [2.05, 4.69) is 10.9 Å². The van der Waals surface area contributed by atoms with Crippen LogP contribution in [0.5, 0.6) is 17.2 Å². The van der Waals surface area contributed by atoms with Crippen LogP contribution in [0.15, 0.2) is 96.0 Å². The van der Waals surface area contributed by atoms with Crippen LogP contribution in [0.25, 0.3) is 0 Å². The van der Waals surface area contributed by atoms with Gasteiger partial charge in [-0.05, 0) is 72.1 Å². The van der Waals surface area contributed by atoms with Crippen LogP contribution in [-0.2, 0) is 22.4 Å². The lowest BCUT2D eigenvalue weighted by molar-refractivity contribution is -0.130. The largest absolute Gasteiger partial charge is 0.497 e. The van der Waals surface area contributed by atoms with E-state index in [9.17, 15) is 4.79 Å². The van der Waals surface area contributed by atoms with Crippen LogP contribution in [0.3, 0.4) is 0 Å². The highest BCUT2D eigenvalue weighted by molar-refractivity contribution is 6.35. The van der Waals surface area contributed by atoms with Crippen molar-refractivity contribution in [2.45, 2.75) is 30.9 Å². The van der Waals surface area contributed by atoms with Crippen molar-refractivity contribution in [2.75, 3.05) is 34.0 Å². The molecular formula is C36H37Cl2N3O6. The summed E-state index contributed by atoms with van der Waals surface area (Å²) in [6, 6.07) is 27.6. The molecule has 0 aromatic heterocycles. The van der Waals surface area contributed by atoms with E-state index < -0.39 is 17.6 Å². The van der Waals surface area contributed by atoms with Gasteiger partial charge < -0.3 is 24.1 Å². The highest BCUT2D eigenvalue weighted by Gasteiger charge is 2.54. The monoisotopic (exact) mass is 677 g/mol. The Morgan fingerprint density at radius 1 is 0.957 bits per heavy atom. The maximum atomic E-state index is 14.4. The zero-order valence-electron chi connectivity index (χ0n) is 26.2. The van der Waals surface area contributed by atoms with Crippen LogP contribution in [0.1, 0.15) is 34.8 Å². The average molecular weight is 679 g/mol. The minimum absolute atomic E-state index is 0.0486. The van der Waals surface area contributed by atoms with E-state index in [0.29, 0.717) is 58.7 Å². The van der Waals surface area contributed by atoms with Gasteiger partial charge in [-0.25, -0.2) is 10.4 Å². The van der Waals surface area contributed by atoms with Gasteiger partial charge in [0.1, 0.15) is 17.2 Å². The molecule has 0 aliphatic carbocycles. The number of nitrogens with one attached hydrogen (secondary N) is 2. The summed E-state index contributed by atoms with van der Waals surface area (Å²) in [7, 11) is 3.23. The molecule has 1 amide bonds. The molecule has 11 heteroatoms. The summed E-state index contributed by atoms with van der Waals surface area (Å²) in [5, 5.41) is 9.89. The van der Waals surface area contributed by atoms with Crippen LogP contribution < -0.4 is 25.1 Å². The Morgan fingerprint density at radius 3 is 2.43 bits per heavy atom. The van der Waals surface area contributed by atoms with E-state index in [4.69, 9.17) is 52.2 Å². The standard InChI is InChI=1S/C36H37Cl2N3O6/c1-44-29-14-16-32(45-2)26(21-29)17-18-39-41-35(43)36(23-24-7-4-3-5-8-24)33(30-15-11-27(37)22-31(30)38)47-34(40-36)25-9-12-28(13-10-25)46-20-6-19-42/h3-5,7-16,21-22,33,39,42H,6,17-20,23H2,1-2H3,(H,41,43)/t33-,36-/m0/s1. The maximum Gasteiger partial charge on any atom is 0.266 e. The van der Waals surface area contributed by atoms with Crippen LogP contribution in [0, 0.1) is 0 Å². The Kier molecular flexibility index (Phi) is 11.6. The predicted molar refractivity (Wildman–Crippen MR) is 183 cm³/mol. The molecular weight excluding hydrogens is 641 g/mol. The number of carbonyl (C=O) groups is 1. The molecule has 246 valence electrons. The molecule has 0 fully saturated rings. The number of carbonyl (C=O) groups excluding carboxylic acids is 1. The fourth-order valence-electron chi connectivity index (χ4n) is 5.41. The molecule has 47 heavy (non-hydrogen) atoms. The molecule has 0 saturated carbocycles. The molecule has 1 aliphatic rings. The molecule has 2 atom stereocenters. The zero-order chi connectivity index (χ0) is 33.2. The fourth-order valence-corrected chi connectivity index (χ4v) is 5.91. The van der Waals surface area contributed by atoms with Gasteiger partial charge in [0.05, 0.1) is 20.8 Å². The van der Waals surface area contributed by atoms with E-state index in [1.165, 1.54) is 0 Å². The van der Waals surface area contributed by atoms with Crippen LogP contribution >= 0.6 is 23.2 Å². The van der Waals surface area contributed by atoms with Crippen molar-refractivity contribution in [1.29, 1.82) is 0 Å². The number of benzene rings is 4. The molecule has 0 bridgehead atoms. The Hall–Kier alpha value is -4.28. The average Bonchev–Trinajstić information content (AvgIpc) is 3.47. The van der Waals surface area contributed by atoms with Gasteiger partial charge in [-0.3, -0.25) is 10.2 Å². The van der Waals surface area contributed by atoms with Gasteiger partial charge in [0, 0.05) is 47.2 Å². The fraction of sp³-hybridized carbons (Fsp3) is 0.278. The number of ether oxygens (including phenoxy) is 4. The van der Waals surface area contributed by atoms with Crippen molar-refractivity contribution in [3.8, 4) is 17.2 Å². The molecule has 4 aromatic rings. The predicted octanol–water partition coefficient (Wildman–Crippen LogP) is 6.13. The number of hydrazine groups is 1. The first kappa shape index (κ1) is 34.1. The smallest absolute Gasteiger partial charge is 0.266 e. The number of aliphatic imine (C=N–C) groups is 1. The summed E-state index contributed by atoms with van der Waals surface area (Å²) in [5.41, 5.74) is 7.58. The quantitative estimate of drug-likeness (QED) is 0.102. The van der Waals surface area contributed by atoms with Crippen molar-refractivity contribution in [1.82, 2.24) is 10.9 Å². The van der Waals surface area contributed by atoms with Gasteiger partial charge in [-0.15, -0.1) is 0 Å². The highest BCUT2D eigenvalue weighted by atomic mass is 35.5. The molecule has 0 spiro atoms. The lowest BCUT2D eigenvalue weighted by Gasteiger charge is -2.31. The van der Waals surface area contributed by atoms with Gasteiger partial charge in [-0.1, -0.05) is 59.6 Å². The first-order chi connectivity index (χ1) is 22.9. The first-order valence-corrected chi connectivity index (χ1v) is 16.0. The summed E-state index contributed by atoms with van der Waals surface area (Å²) in [6.45, 7) is 0.841. The van der Waals surface area contributed by atoms with Crippen molar-refractivity contribution in [3.63, 3.8) is 0 Å². The van der Waals surface area contributed by atoms with E-state index in [0.717, 1.165) is 16.9 Å². The van der Waals surface area contributed by atoms with E-state index in [1.54, 1.807) is 44.6 Å². The third-order valence-electron chi connectivity index (χ3n) is 7.80. The number of aliphatic hydroxyl groups is 1. The number of hydrogen-bond donors (Lipinski definition) is 3. The van der Waals surface area contributed by atoms with Crippen LogP contribution in [0.2, 0.25) is 10.0 Å². The zero-order valence-corrected chi connectivity index (χ0v) is 27.7. The third kappa shape index (κ3) is 8.18. The Labute approximate surface area is 284 Å². The molecule has 1 heterocycles. The molecule has 0 unspecified atom stereocenters. The molecule has 3 N–H and O–H groups in total. The number of methoxy groups -OCH3 is 2. The van der Waals surface area contributed by atoms with Gasteiger partial charge in [0.2, 0.25) is 5.90 Å². The van der Waals surface area contributed by atoms with E-state index in [-0.39, 0.29) is 18.9 Å². The molecule has 0 radical (unpaired) electrons. The number of rotatable bonds is 15. The Morgan fingerprint density at radius 2 is 1.72 bits per heavy atom. The second kappa shape index (κ2) is 16.0. The second-order valence-corrected chi connectivity index (χ2v) is 11.8. The molecule has 1 aliphatic heterocycles. The van der Waals surface area contributed by atoms with Gasteiger partial charge >= 0.3 is 0 Å². The summed E-state index contributed by atoms with van der Waals surface area (Å²) in [4.78, 5) is 19.5. The van der Waals surface area contributed by atoms with Crippen LogP contribution in [0.4, 0.5) is 0 Å². The molecule has 5 rings (SSSR count). The van der Waals surface area contributed by atoms with Crippen LogP contribution in [-0.4, -0.2) is 56.4 Å². The summed E-state index contributed by atoms with van der Waals surface area (Å²) in [6.07, 6.45) is 0.416. The van der Waals surface area contributed by atoms with Crippen molar-refractivity contribution < 1.29 is 28.8 Å². The normalized spacial score (nSPS) is 17.0. The maximum absolute atomic E-state index is 14.4. The molecule has 4 aromatic carbocycles. The number of hydrogen-bond acceptors (Lipinski definition) is 8. The van der Waals surface area contributed by atoms with Crippen molar-refractivity contribution in [3.05, 3.63) is 123 Å². The minimum Gasteiger partial charge on any atom is -0.497 e. The second-order valence-electron chi connectivity index (χ2n) is 10.9. The van der Waals surface area contributed by atoms with Crippen molar-refractivity contribution in [2.24, 2.45) is 4.99 Å². The van der Waals surface area contributed by atoms with Gasteiger partial charge in [0.15, 0.2) is 11.6 Å². The van der Waals surface area contributed by atoms with E-state index >= 15 is 0 Å². The van der Waals surface area contributed by atoms with Gasteiger partial charge in [-0.2, -0.15) is 0 Å². The molecule has 0 saturated heterocycles. The number of halogens is 2. The first-order valence-electron chi connectivity index (χ1n) is 15.2. The van der Waals surface area contributed by atoms with Crippen molar-refractivity contribution >= 4 is 35.0 Å². The number of amides is 1. The lowest BCUT2D eigenvalue weighted by atomic mass is 9.82. The minimum atomic E-state index is -1.45. The number of nitrogens with zero attached hydrogens (tertiary/aromatic N) is 1. The van der Waals surface area contributed by atoms with E-state index in [1.807, 2.05) is 60.7 Å². The summed E-state index contributed by atoms with van der Waals surface area (Å²) >= 11 is 13.0. The third-order valence-corrected chi connectivity index (χ3v) is 8.36. The van der Waals surface area contributed by atoms with Gasteiger partial charge in [0.25, 0.3) is 5.91 Å². The highest BCUT2D eigenvalue weighted by Crippen LogP contribution is 2.45. The topological polar surface area (TPSA) is 111 Å². The SMILES string of the molecule is COc1ccc(OC)c(CCNNC(=O)[C@@]2(Cc3ccccc3)N=C(c3ccc(OCCCO)cc3)O[C@H]2c2ccc(Cl)cc2Cl)c1. The number of aliphatic hydroxyl groups excluding tert-OH is 1. The lowest BCUT2D eigenvalue weighted by Crippen LogP contribution is -2.54.